The van der Waals surface area contributed by atoms with Gasteiger partial charge < -0.3 is 9.30 Å². The van der Waals surface area contributed by atoms with Crippen LogP contribution in [0.25, 0.3) is 0 Å². The molecule has 1 aromatic rings. The van der Waals surface area contributed by atoms with Gasteiger partial charge >= 0.3 is 0 Å². The molecular weight excluding hydrogens is 284 g/mol. The van der Waals surface area contributed by atoms with E-state index >= 15 is 0 Å². The summed E-state index contributed by atoms with van der Waals surface area (Å²) in [5, 5.41) is 0. The molecule has 1 fully saturated rings. The summed E-state index contributed by atoms with van der Waals surface area (Å²) in [6, 6.07) is 0. The molecule has 2 rings (SSSR count). The summed E-state index contributed by atoms with van der Waals surface area (Å²) in [6.07, 6.45) is 4.54. The number of rotatable bonds is 4. The molecule has 118 valence electrons. The molecule has 1 saturated carbocycles. The number of hydrogen-bond donors (Lipinski definition) is 0. The minimum atomic E-state index is 0.0645. The lowest BCUT2D eigenvalue weighted by molar-refractivity contribution is -0.124. The van der Waals surface area contributed by atoms with Crippen molar-refractivity contribution in [1.82, 2.24) is 4.57 Å². The van der Waals surface area contributed by atoms with Gasteiger partial charge in [-0.15, -0.1) is 11.3 Å². The highest BCUT2D eigenvalue weighted by atomic mass is 32.1. The lowest BCUT2D eigenvalue weighted by Crippen LogP contribution is -2.27. The Morgan fingerprint density at radius 2 is 2.10 bits per heavy atom. The first-order valence-electron chi connectivity index (χ1n) is 7.79. The van der Waals surface area contributed by atoms with Gasteiger partial charge in [-0.05, 0) is 32.6 Å². The maximum atomic E-state index is 12.5. The SMILES string of the molecule is COCCn1c(C)c(C)s/c1=N\C(=O)[C@@H]1CCCC[C@@H]1C. The first-order chi connectivity index (χ1) is 10.0. The molecule has 2 atom stereocenters. The summed E-state index contributed by atoms with van der Waals surface area (Å²) in [7, 11) is 1.70. The van der Waals surface area contributed by atoms with Crippen molar-refractivity contribution in [3.8, 4) is 0 Å². The molecule has 0 unspecified atom stereocenters. The molecule has 1 aliphatic carbocycles. The quantitative estimate of drug-likeness (QED) is 0.858. The molecular formula is C16H26N2O2S. The number of nitrogens with zero attached hydrogens (tertiary/aromatic N) is 2. The maximum absolute atomic E-state index is 12.5. The van der Waals surface area contributed by atoms with Crippen LogP contribution in [-0.2, 0) is 16.1 Å². The number of hydrogen-bond acceptors (Lipinski definition) is 3. The average Bonchev–Trinajstić information content (AvgIpc) is 2.72. The highest BCUT2D eigenvalue weighted by Crippen LogP contribution is 2.30. The van der Waals surface area contributed by atoms with Gasteiger partial charge in [0.05, 0.1) is 6.61 Å². The fourth-order valence-electron chi connectivity index (χ4n) is 2.99. The molecule has 5 heteroatoms. The lowest BCUT2D eigenvalue weighted by atomic mass is 9.80. The zero-order valence-corrected chi connectivity index (χ0v) is 14.3. The molecule has 4 nitrogen and oxygen atoms in total. The fourth-order valence-corrected chi connectivity index (χ4v) is 3.99. The molecule has 0 N–H and O–H groups in total. The minimum Gasteiger partial charge on any atom is -0.383 e. The number of aryl methyl sites for hydroxylation is 1. The van der Waals surface area contributed by atoms with Crippen molar-refractivity contribution in [3.63, 3.8) is 0 Å². The number of ether oxygens (including phenoxy) is 1. The van der Waals surface area contributed by atoms with Crippen LogP contribution in [0.1, 0.15) is 43.2 Å². The van der Waals surface area contributed by atoms with Crippen molar-refractivity contribution in [2.45, 2.75) is 53.0 Å². The number of methoxy groups -OCH3 is 1. The average molecular weight is 310 g/mol. The summed E-state index contributed by atoms with van der Waals surface area (Å²) in [5.74, 6) is 0.636. The van der Waals surface area contributed by atoms with Gasteiger partial charge in [-0.3, -0.25) is 4.79 Å². The molecule has 1 aliphatic rings. The summed E-state index contributed by atoms with van der Waals surface area (Å²) >= 11 is 1.60. The van der Waals surface area contributed by atoms with Gasteiger partial charge in [-0.25, -0.2) is 0 Å². The smallest absolute Gasteiger partial charge is 0.251 e. The number of thiazole rings is 1. The van der Waals surface area contributed by atoms with Gasteiger partial charge in [0.1, 0.15) is 0 Å². The number of aromatic nitrogens is 1. The van der Waals surface area contributed by atoms with E-state index in [9.17, 15) is 4.79 Å². The van der Waals surface area contributed by atoms with Crippen LogP contribution < -0.4 is 4.80 Å². The Hall–Kier alpha value is -0.940. The van der Waals surface area contributed by atoms with Crippen molar-refractivity contribution in [2.75, 3.05) is 13.7 Å². The molecule has 1 heterocycles. The van der Waals surface area contributed by atoms with Crippen LogP contribution in [0.2, 0.25) is 0 Å². The van der Waals surface area contributed by atoms with Crippen molar-refractivity contribution in [1.29, 1.82) is 0 Å². The van der Waals surface area contributed by atoms with E-state index in [-0.39, 0.29) is 11.8 Å². The Morgan fingerprint density at radius 1 is 1.38 bits per heavy atom. The minimum absolute atomic E-state index is 0.0645. The van der Waals surface area contributed by atoms with Crippen LogP contribution in [0.3, 0.4) is 0 Å². The van der Waals surface area contributed by atoms with Crippen LogP contribution in [0.5, 0.6) is 0 Å². The van der Waals surface area contributed by atoms with Gasteiger partial charge in [0.15, 0.2) is 4.80 Å². The Morgan fingerprint density at radius 3 is 2.76 bits per heavy atom. The van der Waals surface area contributed by atoms with E-state index in [2.05, 4.69) is 30.3 Å². The van der Waals surface area contributed by atoms with E-state index in [0.717, 1.165) is 30.6 Å². The Kier molecular flexibility index (Phi) is 5.76. The molecule has 1 amide bonds. The Balaban J connectivity index is 2.27. The second kappa shape index (κ2) is 7.36. The molecule has 0 aromatic carbocycles. The van der Waals surface area contributed by atoms with Gasteiger partial charge in [0, 0.05) is 30.1 Å². The summed E-state index contributed by atoms with van der Waals surface area (Å²) < 4.78 is 7.27. The number of carbonyl (C=O) groups is 1. The predicted octanol–water partition coefficient (Wildman–Crippen LogP) is 3.07. The third kappa shape index (κ3) is 3.83. The first kappa shape index (κ1) is 16.4. The Labute approximate surface area is 130 Å². The predicted molar refractivity (Wildman–Crippen MR) is 85.4 cm³/mol. The maximum Gasteiger partial charge on any atom is 0.251 e. The third-order valence-corrected chi connectivity index (χ3v) is 5.64. The van der Waals surface area contributed by atoms with Gasteiger partial charge in [0.2, 0.25) is 0 Å². The molecule has 0 spiro atoms. The van der Waals surface area contributed by atoms with Gasteiger partial charge in [-0.1, -0.05) is 19.8 Å². The highest BCUT2D eigenvalue weighted by Gasteiger charge is 2.27. The van der Waals surface area contributed by atoms with Crippen molar-refractivity contribution < 1.29 is 9.53 Å². The van der Waals surface area contributed by atoms with Crippen molar-refractivity contribution in [3.05, 3.63) is 15.4 Å². The van der Waals surface area contributed by atoms with E-state index in [0.29, 0.717) is 12.5 Å². The van der Waals surface area contributed by atoms with Crippen LogP contribution >= 0.6 is 11.3 Å². The Bertz CT molecular complexity index is 559. The largest absolute Gasteiger partial charge is 0.383 e. The molecule has 0 bridgehead atoms. The molecule has 0 aliphatic heterocycles. The van der Waals surface area contributed by atoms with Gasteiger partial charge in [-0.2, -0.15) is 4.99 Å². The second-order valence-corrected chi connectivity index (χ2v) is 7.17. The number of carbonyl (C=O) groups excluding carboxylic acids is 1. The van der Waals surface area contributed by atoms with Gasteiger partial charge in [0.25, 0.3) is 5.91 Å². The standard InChI is InChI=1S/C16H26N2O2S/c1-11-7-5-6-8-14(11)15(19)17-16-18(9-10-20-4)12(2)13(3)21-16/h11,14H,5-10H2,1-4H3/b17-16-/t11-,14+/m0/s1. The first-order valence-corrected chi connectivity index (χ1v) is 8.60. The van der Waals surface area contributed by atoms with E-state index in [4.69, 9.17) is 4.74 Å². The summed E-state index contributed by atoms with van der Waals surface area (Å²) in [4.78, 5) is 19.0. The van der Waals surface area contributed by atoms with E-state index < -0.39 is 0 Å². The van der Waals surface area contributed by atoms with Crippen LogP contribution in [0.4, 0.5) is 0 Å². The second-order valence-electron chi connectivity index (χ2n) is 5.99. The molecule has 1 aromatic heterocycles. The van der Waals surface area contributed by atoms with E-state index in [1.54, 1.807) is 18.4 Å². The fraction of sp³-hybridized carbons (Fsp3) is 0.750. The zero-order valence-electron chi connectivity index (χ0n) is 13.5. The monoisotopic (exact) mass is 310 g/mol. The van der Waals surface area contributed by atoms with E-state index in [1.807, 2.05) is 0 Å². The summed E-state index contributed by atoms with van der Waals surface area (Å²) in [5.41, 5.74) is 1.18. The van der Waals surface area contributed by atoms with Crippen LogP contribution in [0.15, 0.2) is 4.99 Å². The zero-order chi connectivity index (χ0) is 15.4. The van der Waals surface area contributed by atoms with Crippen LogP contribution in [0, 0.1) is 25.7 Å². The number of amides is 1. The normalized spacial score (nSPS) is 23.5. The molecule has 21 heavy (non-hydrogen) atoms. The van der Waals surface area contributed by atoms with Crippen molar-refractivity contribution in [2.24, 2.45) is 16.8 Å². The molecule has 0 radical (unpaired) electrons. The summed E-state index contributed by atoms with van der Waals surface area (Å²) in [6.45, 7) is 7.72. The third-order valence-electron chi connectivity index (χ3n) is 4.54. The van der Waals surface area contributed by atoms with Crippen molar-refractivity contribution >= 4 is 17.2 Å². The molecule has 0 saturated heterocycles. The lowest BCUT2D eigenvalue weighted by Gasteiger charge is -2.25. The highest BCUT2D eigenvalue weighted by molar-refractivity contribution is 7.09. The topological polar surface area (TPSA) is 43.6 Å². The van der Waals surface area contributed by atoms with E-state index in [1.165, 1.54) is 17.0 Å². The van der Waals surface area contributed by atoms with Crippen LogP contribution in [-0.4, -0.2) is 24.2 Å².